The van der Waals surface area contributed by atoms with Crippen molar-refractivity contribution in [3.8, 4) is 17.2 Å². The molecule has 1 heterocycles. The molecule has 2 amide bonds. The van der Waals surface area contributed by atoms with Gasteiger partial charge in [0.15, 0.2) is 17.6 Å². The molecule has 7 nitrogen and oxygen atoms in total. The maximum absolute atomic E-state index is 12.5. The van der Waals surface area contributed by atoms with Crippen LogP contribution >= 0.6 is 0 Å². The summed E-state index contributed by atoms with van der Waals surface area (Å²) in [6, 6.07) is 10.0. The molecular weight excluding hydrogens is 336 g/mol. The summed E-state index contributed by atoms with van der Waals surface area (Å²) in [6.07, 6.45) is -0.542. The van der Waals surface area contributed by atoms with Gasteiger partial charge in [0.25, 0.3) is 11.8 Å². The highest BCUT2D eigenvalue weighted by Gasteiger charge is 2.23. The molecular formula is C19H20N2O5. The number of methoxy groups -OCH3 is 1. The van der Waals surface area contributed by atoms with Gasteiger partial charge in [-0.25, -0.2) is 0 Å². The molecule has 2 aromatic carbocycles. The van der Waals surface area contributed by atoms with Gasteiger partial charge >= 0.3 is 0 Å². The first-order valence-corrected chi connectivity index (χ1v) is 8.25. The summed E-state index contributed by atoms with van der Waals surface area (Å²) in [5.74, 6) is 1.10. The van der Waals surface area contributed by atoms with Crippen molar-refractivity contribution in [2.24, 2.45) is 0 Å². The third-order valence-electron chi connectivity index (χ3n) is 3.89. The second kappa shape index (κ2) is 7.35. The highest BCUT2D eigenvalue weighted by Crippen LogP contribution is 2.33. The van der Waals surface area contributed by atoms with Crippen LogP contribution in [-0.2, 0) is 4.79 Å². The van der Waals surface area contributed by atoms with E-state index in [9.17, 15) is 9.59 Å². The quantitative estimate of drug-likeness (QED) is 0.860. The van der Waals surface area contributed by atoms with E-state index >= 15 is 0 Å². The molecule has 0 bridgehead atoms. The predicted octanol–water partition coefficient (Wildman–Crippen LogP) is 3.07. The molecule has 136 valence electrons. The second-order valence-electron chi connectivity index (χ2n) is 5.71. The van der Waals surface area contributed by atoms with Crippen LogP contribution in [0.2, 0.25) is 0 Å². The first kappa shape index (κ1) is 17.6. The Balaban J connectivity index is 1.78. The predicted molar refractivity (Wildman–Crippen MR) is 97.3 cm³/mol. The molecule has 0 fully saturated rings. The lowest BCUT2D eigenvalue weighted by Crippen LogP contribution is -2.34. The largest absolute Gasteiger partial charge is 0.493 e. The van der Waals surface area contributed by atoms with Crippen LogP contribution in [0, 0.1) is 0 Å². The molecule has 0 saturated heterocycles. The number of nitrogens with one attached hydrogen (secondary N) is 2. The smallest absolute Gasteiger partial charge is 0.265 e. The van der Waals surface area contributed by atoms with E-state index < -0.39 is 6.10 Å². The minimum atomic E-state index is -0.542. The number of hydrogen-bond acceptors (Lipinski definition) is 5. The zero-order valence-electron chi connectivity index (χ0n) is 14.8. The molecule has 0 saturated carbocycles. The van der Waals surface area contributed by atoms with Crippen molar-refractivity contribution in [1.82, 2.24) is 0 Å². The maximum atomic E-state index is 12.5. The number of carbonyl (C=O) groups is 2. The summed E-state index contributed by atoms with van der Waals surface area (Å²) in [5.41, 5.74) is 1.49. The lowest BCUT2D eigenvalue weighted by molar-refractivity contribution is -0.122. The molecule has 0 spiro atoms. The first-order chi connectivity index (χ1) is 12.5. The maximum Gasteiger partial charge on any atom is 0.265 e. The summed E-state index contributed by atoms with van der Waals surface area (Å²) < 4.78 is 16.2. The number of benzene rings is 2. The topological polar surface area (TPSA) is 85.9 Å². The molecule has 1 aliphatic heterocycles. The third-order valence-corrected chi connectivity index (χ3v) is 3.89. The highest BCUT2D eigenvalue weighted by molar-refractivity contribution is 6.05. The molecule has 0 aromatic heterocycles. The number of fused-ring (bicyclic) bond motifs is 1. The van der Waals surface area contributed by atoms with Crippen LogP contribution in [0.5, 0.6) is 17.2 Å². The van der Waals surface area contributed by atoms with E-state index in [4.69, 9.17) is 14.2 Å². The highest BCUT2D eigenvalue weighted by atomic mass is 16.5. The van der Waals surface area contributed by atoms with Gasteiger partial charge in [-0.15, -0.1) is 0 Å². The molecule has 2 aromatic rings. The van der Waals surface area contributed by atoms with E-state index in [2.05, 4.69) is 10.6 Å². The van der Waals surface area contributed by atoms with E-state index in [1.165, 1.54) is 7.11 Å². The Morgan fingerprint density at radius 1 is 1.23 bits per heavy atom. The van der Waals surface area contributed by atoms with Crippen molar-refractivity contribution in [2.45, 2.75) is 20.0 Å². The van der Waals surface area contributed by atoms with Gasteiger partial charge in [-0.05, 0) is 50.2 Å². The van der Waals surface area contributed by atoms with Gasteiger partial charge in [0.1, 0.15) is 5.75 Å². The first-order valence-electron chi connectivity index (χ1n) is 8.25. The van der Waals surface area contributed by atoms with Crippen LogP contribution in [-0.4, -0.2) is 31.6 Å². The lowest BCUT2D eigenvalue weighted by atomic mass is 10.1. The van der Waals surface area contributed by atoms with Crippen molar-refractivity contribution in [1.29, 1.82) is 0 Å². The van der Waals surface area contributed by atoms with Crippen molar-refractivity contribution in [3.63, 3.8) is 0 Å². The third kappa shape index (κ3) is 3.56. The monoisotopic (exact) mass is 356 g/mol. The van der Waals surface area contributed by atoms with Crippen molar-refractivity contribution < 1.29 is 23.8 Å². The van der Waals surface area contributed by atoms with Gasteiger partial charge in [-0.2, -0.15) is 0 Å². The zero-order valence-corrected chi connectivity index (χ0v) is 14.8. The molecule has 0 aliphatic carbocycles. The number of ether oxygens (including phenoxy) is 3. The number of amides is 2. The molecule has 2 N–H and O–H groups in total. The fourth-order valence-corrected chi connectivity index (χ4v) is 2.57. The van der Waals surface area contributed by atoms with Crippen LogP contribution in [0.1, 0.15) is 24.2 Å². The summed E-state index contributed by atoms with van der Waals surface area (Å²) in [4.78, 5) is 24.2. The molecule has 0 radical (unpaired) electrons. The SMILES string of the molecule is CCOc1ccc(C(=O)Nc2ccc3c(c2)NC(=O)C(C)O3)cc1OC. The Kier molecular flexibility index (Phi) is 4.97. The average molecular weight is 356 g/mol. The Hall–Kier alpha value is -3.22. The van der Waals surface area contributed by atoms with Gasteiger partial charge in [0.2, 0.25) is 0 Å². The van der Waals surface area contributed by atoms with Gasteiger partial charge < -0.3 is 24.8 Å². The molecule has 26 heavy (non-hydrogen) atoms. The molecule has 1 atom stereocenters. The number of hydrogen-bond donors (Lipinski definition) is 2. The lowest BCUT2D eigenvalue weighted by Gasteiger charge is -2.23. The van der Waals surface area contributed by atoms with Gasteiger partial charge in [0.05, 0.1) is 19.4 Å². The fourth-order valence-electron chi connectivity index (χ4n) is 2.57. The molecule has 1 aliphatic rings. The van der Waals surface area contributed by atoms with E-state index in [-0.39, 0.29) is 11.8 Å². The van der Waals surface area contributed by atoms with Gasteiger partial charge in [0, 0.05) is 11.3 Å². The van der Waals surface area contributed by atoms with Crippen molar-refractivity contribution >= 4 is 23.2 Å². The van der Waals surface area contributed by atoms with Gasteiger partial charge in [-0.1, -0.05) is 0 Å². The van der Waals surface area contributed by atoms with Crippen LogP contribution in [0.3, 0.4) is 0 Å². The zero-order chi connectivity index (χ0) is 18.7. The minimum Gasteiger partial charge on any atom is -0.493 e. The van der Waals surface area contributed by atoms with Crippen molar-refractivity contribution in [2.75, 3.05) is 24.4 Å². The summed E-state index contributed by atoms with van der Waals surface area (Å²) in [5, 5.41) is 5.55. The van der Waals surface area contributed by atoms with Crippen LogP contribution in [0.4, 0.5) is 11.4 Å². The van der Waals surface area contributed by atoms with Crippen LogP contribution < -0.4 is 24.8 Å². The normalized spacial score (nSPS) is 15.3. The Morgan fingerprint density at radius 2 is 2.04 bits per heavy atom. The summed E-state index contributed by atoms with van der Waals surface area (Å²) in [7, 11) is 1.52. The fraction of sp³-hybridized carbons (Fsp3) is 0.263. The number of rotatable bonds is 5. The number of carbonyl (C=O) groups excluding carboxylic acids is 2. The summed E-state index contributed by atoms with van der Waals surface area (Å²) >= 11 is 0. The summed E-state index contributed by atoms with van der Waals surface area (Å²) in [6.45, 7) is 4.05. The minimum absolute atomic E-state index is 0.225. The van der Waals surface area contributed by atoms with E-state index in [0.29, 0.717) is 40.8 Å². The van der Waals surface area contributed by atoms with Gasteiger partial charge in [-0.3, -0.25) is 9.59 Å². The average Bonchev–Trinajstić information content (AvgIpc) is 2.63. The van der Waals surface area contributed by atoms with Crippen LogP contribution in [0.15, 0.2) is 36.4 Å². The van der Waals surface area contributed by atoms with E-state index in [0.717, 1.165) is 0 Å². The van der Waals surface area contributed by atoms with E-state index in [1.54, 1.807) is 43.3 Å². The van der Waals surface area contributed by atoms with Crippen LogP contribution in [0.25, 0.3) is 0 Å². The molecule has 3 rings (SSSR count). The molecule has 7 heteroatoms. The van der Waals surface area contributed by atoms with Crippen molar-refractivity contribution in [3.05, 3.63) is 42.0 Å². The molecule has 1 unspecified atom stereocenters. The number of anilines is 2. The Bertz CT molecular complexity index is 850. The van der Waals surface area contributed by atoms with E-state index in [1.807, 2.05) is 6.92 Å². The Labute approximate surface area is 151 Å². The Morgan fingerprint density at radius 3 is 2.77 bits per heavy atom. The second-order valence-corrected chi connectivity index (χ2v) is 5.71. The standard InChI is InChI=1S/C19H20N2O5/c1-4-25-16-7-5-12(9-17(16)24-3)19(23)20-13-6-8-15-14(10-13)21-18(22)11(2)26-15/h5-11H,4H2,1-3H3,(H,20,23)(H,21,22).